The van der Waals surface area contributed by atoms with Crippen molar-refractivity contribution in [3.8, 4) is 17.3 Å². The van der Waals surface area contributed by atoms with Crippen LogP contribution in [0.1, 0.15) is 53.1 Å². The van der Waals surface area contributed by atoms with Crippen LogP contribution in [0.2, 0.25) is 5.15 Å². The third kappa shape index (κ3) is 10.5. The lowest BCUT2D eigenvalue weighted by Crippen LogP contribution is -2.52. The summed E-state index contributed by atoms with van der Waals surface area (Å²) in [4.78, 5) is 106. The number of halogens is 1. The molecule has 0 atom stereocenters. The van der Waals surface area contributed by atoms with E-state index in [-0.39, 0.29) is 54.3 Å². The standard InChI is InChI=1S/C24H23N7O4.C21H19ClN4O4.C3H5N3/c1-15-27-14-31(28-15)22-20-19(18(35-2)13-26-22)17(12-25-20)21(32)24(34)30-10-8-29(9-11-30)23(33)16-6-4-3-5-7-16;1-30-15-12-24-19(22)17-16(15)14(11-23-17)18(27)21(29)26-9-7-25(8-10-26)20(28)13-5-3-2-4-6-13;1-3-4-2-5-6-3/h3-7,12-14,25H,8-11H2,1-2H3;2-6,11-12,23H,7-10H2,1H3;2H,1H3,(H,4,5,6). The quantitative estimate of drug-likeness (QED) is 0.104. The summed E-state index contributed by atoms with van der Waals surface area (Å²) >= 11 is 6.09. The molecular weight excluding hydrogens is 936 g/mol. The van der Waals surface area contributed by atoms with Crippen molar-refractivity contribution in [1.82, 2.24) is 69.5 Å². The van der Waals surface area contributed by atoms with Crippen LogP contribution in [0.25, 0.3) is 27.6 Å². The second-order valence-electron chi connectivity index (χ2n) is 16.0. The summed E-state index contributed by atoms with van der Waals surface area (Å²) in [5.74, 6) is -0.191. The number of ether oxygens (including phenoxy) is 2. The molecule has 6 aromatic heterocycles. The minimum Gasteiger partial charge on any atom is -0.494 e. The number of aryl methyl sites for hydroxylation is 2. The zero-order valence-corrected chi connectivity index (χ0v) is 39.7. The summed E-state index contributed by atoms with van der Waals surface area (Å²) in [7, 11) is 2.93. The van der Waals surface area contributed by atoms with Crippen LogP contribution in [0.4, 0.5) is 0 Å². The van der Waals surface area contributed by atoms with E-state index in [1.165, 1.54) is 66.1 Å². The number of piperazine rings is 2. The van der Waals surface area contributed by atoms with Gasteiger partial charge in [-0.3, -0.25) is 33.9 Å². The van der Waals surface area contributed by atoms with Crippen molar-refractivity contribution in [3.63, 3.8) is 0 Å². The number of Topliss-reactive ketones (excluding diaryl/α,β-unsaturated/α-hetero) is 2. The van der Waals surface area contributed by atoms with E-state index in [2.05, 4.69) is 45.2 Å². The fraction of sp³-hybridized carbons (Fsp3) is 0.250. The highest BCUT2D eigenvalue weighted by Gasteiger charge is 2.33. The first-order valence-electron chi connectivity index (χ1n) is 22.2. The van der Waals surface area contributed by atoms with Crippen LogP contribution in [-0.4, -0.2) is 171 Å². The number of nitrogens with zero attached hydrogens (tertiary/aromatic N) is 11. The van der Waals surface area contributed by atoms with Gasteiger partial charge in [0.05, 0.1) is 59.5 Å². The zero-order chi connectivity index (χ0) is 50.2. The lowest BCUT2D eigenvalue weighted by molar-refractivity contribution is -0.128. The summed E-state index contributed by atoms with van der Waals surface area (Å²) in [5.41, 5.74) is 2.50. The number of aromatic nitrogens is 10. The van der Waals surface area contributed by atoms with Gasteiger partial charge >= 0.3 is 0 Å². The van der Waals surface area contributed by atoms with Crippen LogP contribution in [0, 0.1) is 13.8 Å². The number of carbonyl (C=O) groups is 6. The highest BCUT2D eigenvalue weighted by Crippen LogP contribution is 2.33. The first-order valence-corrected chi connectivity index (χ1v) is 22.6. The van der Waals surface area contributed by atoms with Crippen LogP contribution in [-0.2, 0) is 9.59 Å². The van der Waals surface area contributed by atoms with E-state index in [1.54, 1.807) is 41.0 Å². The number of fused-ring (bicyclic) bond motifs is 2. The molecule has 0 aliphatic carbocycles. The molecule has 2 aliphatic rings. The average Bonchev–Trinajstić information content (AvgIpc) is 4.27. The Kier molecular flexibility index (Phi) is 14.8. The van der Waals surface area contributed by atoms with Gasteiger partial charge in [-0.05, 0) is 38.1 Å². The molecular formula is C48H47ClN14O8. The van der Waals surface area contributed by atoms with Crippen LogP contribution in [0.15, 0.2) is 98.1 Å². The van der Waals surface area contributed by atoms with Gasteiger partial charge in [0.2, 0.25) is 0 Å². The van der Waals surface area contributed by atoms with Crippen molar-refractivity contribution in [2.45, 2.75) is 13.8 Å². The van der Waals surface area contributed by atoms with E-state index >= 15 is 0 Å². The lowest BCUT2D eigenvalue weighted by atomic mass is 10.1. The molecule has 0 radical (unpaired) electrons. The fourth-order valence-corrected chi connectivity index (χ4v) is 8.21. The molecule has 2 fully saturated rings. The highest BCUT2D eigenvalue weighted by molar-refractivity contribution is 6.46. The molecule has 10 rings (SSSR count). The largest absolute Gasteiger partial charge is 0.494 e. The van der Waals surface area contributed by atoms with Crippen LogP contribution < -0.4 is 9.47 Å². The monoisotopic (exact) mass is 982 g/mol. The molecule has 3 N–H and O–H groups in total. The number of pyridine rings is 2. The maximum Gasteiger partial charge on any atom is 0.295 e. The summed E-state index contributed by atoms with van der Waals surface area (Å²) in [5, 5.41) is 11.6. The maximum absolute atomic E-state index is 13.3. The van der Waals surface area contributed by atoms with E-state index in [4.69, 9.17) is 21.1 Å². The number of aromatic amines is 3. The molecule has 0 saturated carbocycles. The minimum atomic E-state index is -0.663. The van der Waals surface area contributed by atoms with Gasteiger partial charge in [0.15, 0.2) is 11.0 Å². The minimum absolute atomic E-state index is 0.0856. The van der Waals surface area contributed by atoms with Gasteiger partial charge in [-0.1, -0.05) is 48.0 Å². The molecule has 23 heteroatoms. The lowest BCUT2D eigenvalue weighted by Gasteiger charge is -2.34. The molecule has 4 amide bonds. The Labute approximate surface area is 409 Å². The number of rotatable bonds is 9. The fourth-order valence-electron chi connectivity index (χ4n) is 8.02. The van der Waals surface area contributed by atoms with Crippen LogP contribution in [0.5, 0.6) is 11.5 Å². The molecule has 0 unspecified atom stereocenters. The molecule has 2 aliphatic heterocycles. The average molecular weight is 983 g/mol. The molecule has 71 heavy (non-hydrogen) atoms. The Balaban J connectivity index is 0.000000172. The topological polar surface area (TPSA) is 263 Å². The van der Waals surface area contributed by atoms with Gasteiger partial charge in [0.25, 0.3) is 35.2 Å². The van der Waals surface area contributed by atoms with E-state index in [1.807, 2.05) is 43.3 Å². The number of hydrogen-bond acceptors (Lipinski definition) is 14. The predicted molar refractivity (Wildman–Crippen MR) is 258 cm³/mol. The molecule has 22 nitrogen and oxygen atoms in total. The predicted octanol–water partition coefficient (Wildman–Crippen LogP) is 4.13. The molecule has 8 aromatic rings. The van der Waals surface area contributed by atoms with E-state index < -0.39 is 23.4 Å². The van der Waals surface area contributed by atoms with Crippen molar-refractivity contribution in [1.29, 1.82) is 0 Å². The molecule has 0 spiro atoms. The third-order valence-corrected chi connectivity index (χ3v) is 12.0. The number of hydrogen-bond donors (Lipinski definition) is 3. The molecule has 2 saturated heterocycles. The van der Waals surface area contributed by atoms with E-state index in [9.17, 15) is 28.8 Å². The van der Waals surface area contributed by atoms with Crippen LogP contribution in [0.3, 0.4) is 0 Å². The number of methoxy groups -OCH3 is 2. The maximum atomic E-state index is 13.3. The van der Waals surface area contributed by atoms with Gasteiger partial charge in [-0.2, -0.15) is 10.2 Å². The number of carbonyl (C=O) groups excluding carboxylic acids is 6. The van der Waals surface area contributed by atoms with E-state index in [0.717, 1.165) is 5.82 Å². The molecule has 2 aromatic carbocycles. The van der Waals surface area contributed by atoms with Gasteiger partial charge < -0.3 is 39.0 Å². The number of benzene rings is 2. The van der Waals surface area contributed by atoms with Crippen molar-refractivity contribution in [3.05, 3.63) is 137 Å². The summed E-state index contributed by atoms with van der Waals surface area (Å²) in [6.07, 6.45) is 8.82. The van der Waals surface area contributed by atoms with Crippen LogP contribution >= 0.6 is 11.6 Å². The number of ketones is 2. The second kappa shape index (κ2) is 21.7. The summed E-state index contributed by atoms with van der Waals surface area (Å²) in [6, 6.07) is 18.0. The molecule has 0 bridgehead atoms. The van der Waals surface area contributed by atoms with Gasteiger partial charge in [-0.25, -0.2) is 24.6 Å². The van der Waals surface area contributed by atoms with Gasteiger partial charge in [-0.15, -0.1) is 0 Å². The van der Waals surface area contributed by atoms with E-state index in [0.29, 0.717) is 82.3 Å². The Morgan fingerprint density at radius 1 is 0.592 bits per heavy atom. The molecule has 364 valence electrons. The SMILES string of the molecule is COc1cnc(-n2cnc(C)n2)c2[nH]cc(C(=O)C(=O)N3CCN(C(=O)c4ccccc4)CC3)c12.COc1cnc(Cl)c2[nH]cc(C(=O)C(=O)N3CCN(C(=O)c4ccccc4)CC3)c12.Cc1ncn[nH]1. The number of nitrogens with one attached hydrogen (secondary N) is 3. The van der Waals surface area contributed by atoms with Gasteiger partial charge in [0.1, 0.15) is 35.8 Å². The smallest absolute Gasteiger partial charge is 0.295 e. The molecule has 8 heterocycles. The third-order valence-electron chi connectivity index (χ3n) is 11.7. The summed E-state index contributed by atoms with van der Waals surface area (Å²) < 4.78 is 12.2. The van der Waals surface area contributed by atoms with Crippen molar-refractivity contribution in [2.75, 3.05) is 66.6 Å². The first-order chi connectivity index (χ1) is 34.4. The Morgan fingerprint density at radius 3 is 1.48 bits per heavy atom. The van der Waals surface area contributed by atoms with Gasteiger partial charge in [0, 0.05) is 75.9 Å². The number of amides is 4. The van der Waals surface area contributed by atoms with Crippen molar-refractivity contribution >= 4 is 68.6 Å². The van der Waals surface area contributed by atoms with Crippen molar-refractivity contribution in [2.24, 2.45) is 0 Å². The highest BCUT2D eigenvalue weighted by atomic mass is 35.5. The zero-order valence-electron chi connectivity index (χ0n) is 39.0. The Hall–Kier alpha value is -8.79. The Bertz CT molecular complexity index is 3210. The normalized spacial score (nSPS) is 13.5. The number of H-pyrrole nitrogens is 3. The Morgan fingerprint density at radius 2 is 1.06 bits per heavy atom. The van der Waals surface area contributed by atoms with Crippen molar-refractivity contribution < 1.29 is 38.2 Å². The summed E-state index contributed by atoms with van der Waals surface area (Å²) in [6.45, 7) is 6.14. The first kappa shape index (κ1) is 48.7. The second-order valence-corrected chi connectivity index (χ2v) is 16.4.